The van der Waals surface area contributed by atoms with Crippen LogP contribution in [0.4, 0.5) is 10.5 Å². The number of amides is 2. The van der Waals surface area contributed by atoms with Crippen LogP contribution in [0.15, 0.2) is 47.6 Å². The molecule has 0 saturated heterocycles. The molecule has 2 amide bonds. The van der Waals surface area contributed by atoms with Gasteiger partial charge in [0.15, 0.2) is 0 Å². The van der Waals surface area contributed by atoms with Crippen molar-refractivity contribution in [2.45, 2.75) is 44.9 Å². The van der Waals surface area contributed by atoms with E-state index in [2.05, 4.69) is 28.0 Å². The Hall–Kier alpha value is -2.63. The second-order valence-corrected chi connectivity index (χ2v) is 7.78. The van der Waals surface area contributed by atoms with E-state index in [4.69, 9.17) is 5.11 Å². The van der Waals surface area contributed by atoms with Crippen LogP contribution in [-0.4, -0.2) is 23.3 Å². The highest BCUT2D eigenvalue weighted by Gasteiger charge is 2.45. The van der Waals surface area contributed by atoms with E-state index in [9.17, 15) is 9.59 Å². The quantitative estimate of drug-likeness (QED) is 0.251. The third kappa shape index (κ3) is 5.68. The number of aliphatic carboxylic acids is 1. The van der Waals surface area contributed by atoms with Crippen LogP contribution in [0, 0.1) is 23.7 Å². The van der Waals surface area contributed by atoms with E-state index in [1.165, 1.54) is 19.3 Å². The van der Waals surface area contributed by atoms with Gasteiger partial charge < -0.3 is 10.4 Å². The zero-order valence-corrected chi connectivity index (χ0v) is 16.1. The minimum atomic E-state index is -0.735. The van der Waals surface area contributed by atoms with E-state index in [-0.39, 0.29) is 12.5 Å². The molecule has 2 saturated carbocycles. The first-order valence-corrected chi connectivity index (χ1v) is 10.2. The largest absolute Gasteiger partial charge is 0.481 e. The van der Waals surface area contributed by atoms with Crippen LogP contribution in [0.5, 0.6) is 0 Å². The molecule has 0 aliphatic heterocycles. The van der Waals surface area contributed by atoms with E-state index in [0.717, 1.165) is 24.4 Å². The zero-order valence-electron chi connectivity index (χ0n) is 16.1. The Kier molecular flexibility index (Phi) is 7.23. The molecule has 3 rings (SSSR count). The number of nitrogens with one attached hydrogen (secondary N) is 2. The summed E-state index contributed by atoms with van der Waals surface area (Å²) in [5, 5.41) is 15.7. The lowest BCUT2D eigenvalue weighted by atomic mass is 9.78. The van der Waals surface area contributed by atoms with Gasteiger partial charge in [0, 0.05) is 24.2 Å². The zero-order chi connectivity index (χ0) is 19.8. The van der Waals surface area contributed by atoms with Gasteiger partial charge in [-0.2, -0.15) is 5.10 Å². The fourth-order valence-electron chi connectivity index (χ4n) is 4.64. The molecule has 6 heteroatoms. The summed E-state index contributed by atoms with van der Waals surface area (Å²) in [6.07, 6.45) is 12.7. The van der Waals surface area contributed by atoms with Crippen molar-refractivity contribution in [3.8, 4) is 0 Å². The summed E-state index contributed by atoms with van der Waals surface area (Å²) in [7, 11) is 0. The van der Waals surface area contributed by atoms with Crippen molar-refractivity contribution in [2.24, 2.45) is 28.8 Å². The number of anilines is 1. The minimum Gasteiger partial charge on any atom is -0.481 e. The van der Waals surface area contributed by atoms with Gasteiger partial charge in [0.1, 0.15) is 0 Å². The van der Waals surface area contributed by atoms with Crippen LogP contribution in [0.3, 0.4) is 0 Å². The number of carboxylic acid groups (broad SMARTS) is 1. The van der Waals surface area contributed by atoms with Gasteiger partial charge in [0.2, 0.25) is 0 Å². The summed E-state index contributed by atoms with van der Waals surface area (Å²) in [6, 6.07) is 8.97. The maximum atomic E-state index is 12.0. The van der Waals surface area contributed by atoms with Crippen LogP contribution >= 0.6 is 0 Å². The van der Waals surface area contributed by atoms with Gasteiger partial charge in [-0.25, -0.2) is 10.2 Å². The first-order chi connectivity index (χ1) is 13.6. The lowest BCUT2D eigenvalue weighted by Gasteiger charge is -2.27. The van der Waals surface area contributed by atoms with Gasteiger partial charge in [0.05, 0.1) is 0 Å². The number of hydrazone groups is 1. The lowest BCUT2D eigenvalue weighted by molar-refractivity contribution is -0.137. The van der Waals surface area contributed by atoms with Crippen LogP contribution < -0.4 is 10.7 Å². The monoisotopic (exact) mass is 383 g/mol. The number of carbonyl (C=O) groups is 2. The molecule has 6 nitrogen and oxygen atoms in total. The van der Waals surface area contributed by atoms with Crippen molar-refractivity contribution in [1.82, 2.24) is 5.43 Å². The number of hydrogen-bond donors (Lipinski definition) is 3. The number of unbranched alkanes of at least 4 members (excludes halogenated alkanes) is 1. The maximum absolute atomic E-state index is 12.0. The van der Waals surface area contributed by atoms with Gasteiger partial charge in [-0.1, -0.05) is 30.4 Å². The first kappa shape index (κ1) is 20.1. The Balaban J connectivity index is 1.46. The first-order valence-electron chi connectivity index (χ1n) is 10.2. The Bertz CT molecular complexity index is 717. The van der Waals surface area contributed by atoms with Gasteiger partial charge >= 0.3 is 12.0 Å². The van der Waals surface area contributed by atoms with Gasteiger partial charge in [-0.3, -0.25) is 4.79 Å². The molecule has 1 aromatic rings. The number of para-hydroxylation sites is 1. The van der Waals surface area contributed by atoms with Crippen molar-refractivity contribution in [1.29, 1.82) is 0 Å². The number of urea groups is 1. The highest BCUT2D eigenvalue weighted by atomic mass is 16.4. The summed E-state index contributed by atoms with van der Waals surface area (Å²) in [5.74, 6) is 1.64. The van der Waals surface area contributed by atoms with Crippen LogP contribution in [0.25, 0.3) is 0 Å². The molecule has 1 aromatic carbocycles. The Morgan fingerprint density at radius 2 is 1.93 bits per heavy atom. The summed E-state index contributed by atoms with van der Waals surface area (Å²) < 4.78 is 0. The van der Waals surface area contributed by atoms with Crippen LogP contribution in [-0.2, 0) is 4.79 Å². The number of fused-ring (bicyclic) bond motifs is 2. The van der Waals surface area contributed by atoms with Crippen molar-refractivity contribution in [3.05, 3.63) is 42.5 Å². The van der Waals surface area contributed by atoms with Gasteiger partial charge in [-0.05, 0) is 68.4 Å². The Morgan fingerprint density at radius 1 is 1.14 bits per heavy atom. The van der Waals surface area contributed by atoms with Crippen LogP contribution in [0.1, 0.15) is 44.9 Å². The lowest BCUT2D eigenvalue weighted by Crippen LogP contribution is -2.27. The number of carbonyl (C=O) groups excluding carboxylic acids is 1. The Labute approximate surface area is 166 Å². The van der Waals surface area contributed by atoms with Crippen molar-refractivity contribution in [2.75, 3.05) is 5.32 Å². The molecule has 2 aliphatic rings. The normalized spacial score (nSPS) is 26.1. The topological polar surface area (TPSA) is 90.8 Å². The molecule has 2 aliphatic carbocycles. The predicted molar refractivity (Wildman–Crippen MR) is 110 cm³/mol. The summed E-state index contributed by atoms with van der Waals surface area (Å²) in [6.45, 7) is 0. The van der Waals surface area contributed by atoms with Crippen LogP contribution in [0.2, 0.25) is 0 Å². The molecule has 150 valence electrons. The fraction of sp³-hybridized carbons (Fsp3) is 0.500. The third-order valence-corrected chi connectivity index (χ3v) is 5.94. The summed E-state index contributed by atoms with van der Waals surface area (Å²) in [5.41, 5.74) is 3.32. The molecule has 28 heavy (non-hydrogen) atoms. The number of allylic oxidation sites excluding steroid dienone is 2. The van der Waals surface area contributed by atoms with E-state index < -0.39 is 5.97 Å². The molecule has 0 unspecified atom stereocenters. The van der Waals surface area contributed by atoms with E-state index >= 15 is 0 Å². The van der Waals surface area contributed by atoms with Crippen molar-refractivity contribution < 1.29 is 14.7 Å². The second kappa shape index (κ2) is 10.1. The predicted octanol–water partition coefficient (Wildman–Crippen LogP) is 4.66. The van der Waals surface area contributed by atoms with Crippen molar-refractivity contribution >= 4 is 23.9 Å². The highest BCUT2D eigenvalue weighted by Crippen LogP contribution is 2.52. The van der Waals surface area contributed by atoms with Gasteiger partial charge in [0.25, 0.3) is 0 Å². The SMILES string of the molecule is O=C(O)CCCC=CC[C@@H]1[C@@H]2CC[C@H](C2)[C@H]1C=NNC(=O)Nc1ccccc1. The van der Waals surface area contributed by atoms with E-state index in [0.29, 0.717) is 24.2 Å². The number of rotatable bonds is 9. The molecule has 2 bridgehead atoms. The highest BCUT2D eigenvalue weighted by molar-refractivity contribution is 5.89. The maximum Gasteiger partial charge on any atom is 0.339 e. The molecule has 2 fully saturated rings. The molecule has 0 radical (unpaired) electrons. The second-order valence-electron chi connectivity index (χ2n) is 7.78. The van der Waals surface area contributed by atoms with E-state index in [1.807, 2.05) is 36.5 Å². The number of nitrogens with zero attached hydrogens (tertiary/aromatic N) is 1. The molecular weight excluding hydrogens is 354 g/mol. The molecule has 0 heterocycles. The fourth-order valence-corrected chi connectivity index (χ4v) is 4.64. The summed E-state index contributed by atoms with van der Waals surface area (Å²) >= 11 is 0. The van der Waals surface area contributed by atoms with Crippen molar-refractivity contribution in [3.63, 3.8) is 0 Å². The Morgan fingerprint density at radius 3 is 2.71 bits per heavy atom. The third-order valence-electron chi connectivity index (χ3n) is 5.94. The minimum absolute atomic E-state index is 0.227. The number of carboxylic acids is 1. The average molecular weight is 383 g/mol. The average Bonchev–Trinajstić information content (AvgIpc) is 3.27. The molecule has 3 N–H and O–H groups in total. The van der Waals surface area contributed by atoms with Gasteiger partial charge in [-0.15, -0.1) is 0 Å². The standard InChI is InChI=1S/C22H29N3O3/c26-21(27)11-7-2-1-6-10-19-16-12-13-17(14-16)20(19)15-23-25-22(28)24-18-8-4-3-5-9-18/h1,3-6,8-9,15-17,19-20H,2,7,10-14H2,(H,26,27)(H2,24,25,28)/t16-,17-,19-,20-/m1/s1. The smallest absolute Gasteiger partial charge is 0.339 e. The molecule has 4 atom stereocenters. The molecular formula is C22H29N3O3. The van der Waals surface area contributed by atoms with E-state index in [1.54, 1.807) is 0 Å². The molecule has 0 spiro atoms. The number of hydrogen-bond acceptors (Lipinski definition) is 3. The molecule has 0 aromatic heterocycles. The number of benzene rings is 1. The summed E-state index contributed by atoms with van der Waals surface area (Å²) in [4.78, 5) is 22.5.